The molecule has 2 heterocycles. The molecule has 0 saturated carbocycles. The van der Waals surface area contributed by atoms with Crippen molar-refractivity contribution in [3.8, 4) is 0 Å². The summed E-state index contributed by atoms with van der Waals surface area (Å²) >= 11 is 0. The number of rotatable bonds is 4. The van der Waals surface area contributed by atoms with E-state index in [2.05, 4.69) is 9.71 Å². The molecule has 1 aliphatic heterocycles. The van der Waals surface area contributed by atoms with E-state index in [4.69, 9.17) is 0 Å². The zero-order valence-electron chi connectivity index (χ0n) is 13.1. The number of sulfonamides is 1. The predicted octanol–water partition coefficient (Wildman–Crippen LogP) is 2.11. The Morgan fingerprint density at radius 2 is 1.96 bits per heavy atom. The van der Waals surface area contributed by atoms with E-state index in [0.717, 1.165) is 18.5 Å². The molecule has 2 atom stereocenters. The topological polar surface area (TPSA) is 62.3 Å². The van der Waals surface area contributed by atoms with Crippen LogP contribution in [0.5, 0.6) is 0 Å². The maximum absolute atomic E-state index is 12.6. The summed E-state index contributed by atoms with van der Waals surface area (Å²) in [5.74, 6) is 0.712. The monoisotopic (exact) mass is 351 g/mol. The molecule has 1 aliphatic rings. The average Bonchev–Trinajstić information content (AvgIpc) is 2.79. The molecule has 5 nitrogen and oxygen atoms in total. The molecule has 0 bridgehead atoms. The van der Waals surface area contributed by atoms with Crippen molar-refractivity contribution in [2.75, 3.05) is 24.2 Å². The molecular formula is C14H20F3N3O2S. The Labute approximate surface area is 133 Å². The third kappa shape index (κ3) is 4.57. The first-order valence-corrected chi connectivity index (χ1v) is 9.12. The summed E-state index contributed by atoms with van der Waals surface area (Å²) in [6.45, 7) is 4.91. The normalized spacial score (nSPS) is 22.8. The Kier molecular flexibility index (Phi) is 4.91. The minimum Gasteiger partial charge on any atom is -0.355 e. The van der Waals surface area contributed by atoms with Gasteiger partial charge < -0.3 is 4.90 Å². The number of aromatic nitrogens is 1. The van der Waals surface area contributed by atoms with Crippen molar-refractivity contribution < 1.29 is 21.6 Å². The number of pyridine rings is 1. The van der Waals surface area contributed by atoms with E-state index in [1.165, 1.54) is 6.07 Å². The van der Waals surface area contributed by atoms with Crippen molar-refractivity contribution in [1.82, 2.24) is 9.71 Å². The van der Waals surface area contributed by atoms with Gasteiger partial charge in [0.05, 0.1) is 11.8 Å². The zero-order chi connectivity index (χ0) is 17.4. The summed E-state index contributed by atoms with van der Waals surface area (Å²) in [6, 6.07) is 2.03. The molecule has 0 unspecified atom stereocenters. The maximum atomic E-state index is 12.6. The zero-order valence-corrected chi connectivity index (χ0v) is 13.9. The minimum absolute atomic E-state index is 0.0637. The largest absolute Gasteiger partial charge is 0.417 e. The molecular weight excluding hydrogens is 331 g/mol. The van der Waals surface area contributed by atoms with Crippen LogP contribution in [0.1, 0.15) is 19.4 Å². The first-order valence-electron chi connectivity index (χ1n) is 7.23. The smallest absolute Gasteiger partial charge is 0.355 e. The van der Waals surface area contributed by atoms with Crippen LogP contribution in [0.2, 0.25) is 0 Å². The SMILES string of the molecule is CC(C)[C@@H]1CN(c2ccc(C(F)(F)F)cn2)C[C@H]1NS(C)(=O)=O. The van der Waals surface area contributed by atoms with Crippen molar-refractivity contribution in [3.63, 3.8) is 0 Å². The van der Waals surface area contributed by atoms with E-state index >= 15 is 0 Å². The molecule has 0 amide bonds. The van der Waals surface area contributed by atoms with Crippen LogP contribution in [-0.2, 0) is 16.2 Å². The van der Waals surface area contributed by atoms with Gasteiger partial charge in [-0.05, 0) is 24.0 Å². The van der Waals surface area contributed by atoms with Crippen LogP contribution in [0.15, 0.2) is 18.3 Å². The number of hydrogen-bond acceptors (Lipinski definition) is 4. The van der Waals surface area contributed by atoms with Crippen LogP contribution in [0.3, 0.4) is 0 Å². The van der Waals surface area contributed by atoms with Gasteiger partial charge >= 0.3 is 6.18 Å². The van der Waals surface area contributed by atoms with Crippen LogP contribution >= 0.6 is 0 Å². The van der Waals surface area contributed by atoms with E-state index < -0.39 is 21.8 Å². The highest BCUT2D eigenvalue weighted by atomic mass is 32.2. The first-order chi connectivity index (χ1) is 10.5. The summed E-state index contributed by atoms with van der Waals surface area (Å²) < 4.78 is 63.3. The highest BCUT2D eigenvalue weighted by Crippen LogP contribution is 2.31. The lowest BCUT2D eigenvalue weighted by atomic mass is 9.92. The van der Waals surface area contributed by atoms with Crippen molar-refractivity contribution in [2.24, 2.45) is 11.8 Å². The van der Waals surface area contributed by atoms with Gasteiger partial charge in [-0.15, -0.1) is 0 Å². The minimum atomic E-state index is -4.42. The van der Waals surface area contributed by atoms with Gasteiger partial charge in [0, 0.05) is 25.3 Å². The summed E-state index contributed by atoms with van der Waals surface area (Å²) in [4.78, 5) is 5.69. The highest BCUT2D eigenvalue weighted by Gasteiger charge is 2.37. The Hall–Kier alpha value is -1.35. The van der Waals surface area contributed by atoms with Gasteiger partial charge in [-0.1, -0.05) is 13.8 Å². The summed E-state index contributed by atoms with van der Waals surface area (Å²) in [5, 5.41) is 0. The molecule has 0 aromatic carbocycles. The standard InChI is InChI=1S/C14H20F3N3O2S/c1-9(2)11-7-20(8-12(11)19-23(3,21)22)13-5-4-10(6-18-13)14(15,16)17/h4-6,9,11-12,19H,7-8H2,1-3H3/t11-,12+/m0/s1. The van der Waals surface area contributed by atoms with Crippen LogP contribution in [0.25, 0.3) is 0 Å². The Morgan fingerprint density at radius 1 is 1.30 bits per heavy atom. The predicted molar refractivity (Wildman–Crippen MR) is 81.5 cm³/mol. The molecule has 2 rings (SSSR count). The van der Waals surface area contributed by atoms with E-state index in [0.29, 0.717) is 18.9 Å². The molecule has 1 saturated heterocycles. The maximum Gasteiger partial charge on any atom is 0.417 e. The fraction of sp³-hybridized carbons (Fsp3) is 0.643. The van der Waals surface area contributed by atoms with Gasteiger partial charge in [0.25, 0.3) is 0 Å². The molecule has 130 valence electrons. The Balaban J connectivity index is 2.18. The average molecular weight is 351 g/mol. The second-order valence-corrected chi connectivity index (χ2v) is 7.99. The van der Waals surface area contributed by atoms with Gasteiger partial charge in [0.1, 0.15) is 5.82 Å². The van der Waals surface area contributed by atoms with Crippen molar-refractivity contribution >= 4 is 15.8 Å². The van der Waals surface area contributed by atoms with E-state index in [-0.39, 0.29) is 17.9 Å². The highest BCUT2D eigenvalue weighted by molar-refractivity contribution is 7.88. The van der Waals surface area contributed by atoms with Gasteiger partial charge in [0.2, 0.25) is 10.0 Å². The molecule has 23 heavy (non-hydrogen) atoms. The van der Waals surface area contributed by atoms with E-state index in [1.54, 1.807) is 0 Å². The second kappa shape index (κ2) is 6.27. The number of anilines is 1. The van der Waals surface area contributed by atoms with Crippen molar-refractivity contribution in [2.45, 2.75) is 26.1 Å². The Morgan fingerprint density at radius 3 is 2.39 bits per heavy atom. The van der Waals surface area contributed by atoms with Gasteiger partial charge in [-0.25, -0.2) is 18.1 Å². The summed E-state index contributed by atoms with van der Waals surface area (Å²) in [7, 11) is -3.35. The quantitative estimate of drug-likeness (QED) is 0.903. The van der Waals surface area contributed by atoms with E-state index in [9.17, 15) is 21.6 Å². The van der Waals surface area contributed by atoms with Crippen molar-refractivity contribution in [3.05, 3.63) is 23.9 Å². The van der Waals surface area contributed by atoms with Crippen LogP contribution in [0.4, 0.5) is 19.0 Å². The van der Waals surface area contributed by atoms with Crippen LogP contribution < -0.4 is 9.62 Å². The van der Waals surface area contributed by atoms with Gasteiger partial charge in [0.15, 0.2) is 0 Å². The lowest BCUT2D eigenvalue weighted by Gasteiger charge is -2.21. The number of hydrogen-bond donors (Lipinski definition) is 1. The third-order valence-electron chi connectivity index (χ3n) is 3.99. The third-order valence-corrected chi connectivity index (χ3v) is 4.72. The Bertz CT molecular complexity index is 644. The molecule has 9 heteroatoms. The molecule has 1 N–H and O–H groups in total. The summed E-state index contributed by atoms with van der Waals surface area (Å²) in [5.41, 5.74) is -0.799. The number of nitrogens with zero attached hydrogens (tertiary/aromatic N) is 2. The lowest BCUT2D eigenvalue weighted by Crippen LogP contribution is -2.41. The van der Waals surface area contributed by atoms with Gasteiger partial charge in [-0.3, -0.25) is 0 Å². The molecule has 0 aliphatic carbocycles. The first kappa shape index (κ1) is 18.0. The van der Waals surface area contributed by atoms with E-state index in [1.807, 2.05) is 18.7 Å². The fourth-order valence-electron chi connectivity index (χ4n) is 2.83. The van der Waals surface area contributed by atoms with Crippen LogP contribution in [0, 0.1) is 11.8 Å². The number of halogens is 3. The summed E-state index contributed by atoms with van der Waals surface area (Å²) in [6.07, 6.45) is -2.52. The molecule has 0 radical (unpaired) electrons. The van der Waals surface area contributed by atoms with Gasteiger partial charge in [-0.2, -0.15) is 13.2 Å². The van der Waals surface area contributed by atoms with Crippen molar-refractivity contribution in [1.29, 1.82) is 0 Å². The van der Waals surface area contributed by atoms with Crippen LogP contribution in [-0.4, -0.2) is 38.8 Å². The number of nitrogens with one attached hydrogen (secondary N) is 1. The second-order valence-electron chi connectivity index (χ2n) is 6.21. The lowest BCUT2D eigenvalue weighted by molar-refractivity contribution is -0.137. The molecule has 1 fully saturated rings. The molecule has 1 aromatic heterocycles. The molecule has 1 aromatic rings. The number of alkyl halides is 3. The fourth-order valence-corrected chi connectivity index (χ4v) is 3.63. The molecule has 0 spiro atoms.